The summed E-state index contributed by atoms with van der Waals surface area (Å²) in [4.78, 5) is 12.3. The minimum absolute atomic E-state index is 0.157. The van der Waals surface area contributed by atoms with E-state index in [-0.39, 0.29) is 11.7 Å². The van der Waals surface area contributed by atoms with E-state index >= 15 is 0 Å². The highest BCUT2D eigenvalue weighted by Gasteiger charge is 2.25. The Hall–Kier alpha value is -1.51. The first-order chi connectivity index (χ1) is 8.13. The van der Waals surface area contributed by atoms with Crippen LogP contribution < -0.4 is 10.5 Å². The summed E-state index contributed by atoms with van der Waals surface area (Å²) in [6.07, 6.45) is 4.29. The molecule has 1 aromatic carbocycles. The third-order valence-electron chi connectivity index (χ3n) is 3.56. The smallest absolute Gasteiger partial charge is 0.168 e. The average molecular weight is 233 g/mol. The van der Waals surface area contributed by atoms with Crippen LogP contribution in [-0.2, 0) is 0 Å². The molecule has 0 saturated heterocycles. The molecule has 0 bridgehead atoms. The molecule has 1 aromatic rings. The fraction of sp³-hybridized carbons (Fsp3) is 0.500. The van der Waals surface area contributed by atoms with Gasteiger partial charge in [0.1, 0.15) is 5.75 Å². The van der Waals surface area contributed by atoms with Crippen molar-refractivity contribution in [2.24, 2.45) is 5.92 Å². The quantitative estimate of drug-likeness (QED) is 0.645. The number of carbonyl (C=O) groups is 1. The third kappa shape index (κ3) is 2.28. The Balaban J connectivity index is 2.33. The number of nitrogen functional groups attached to an aromatic ring is 1. The SMILES string of the molecule is COc1cc(C(=O)C2CCCC2)c(N)cc1C. The van der Waals surface area contributed by atoms with E-state index in [1.165, 1.54) is 0 Å². The second-order valence-corrected chi connectivity index (χ2v) is 4.75. The minimum Gasteiger partial charge on any atom is -0.496 e. The fourth-order valence-electron chi connectivity index (χ4n) is 2.55. The van der Waals surface area contributed by atoms with E-state index in [0.717, 1.165) is 37.0 Å². The molecule has 0 heterocycles. The van der Waals surface area contributed by atoms with Crippen LogP contribution in [0.1, 0.15) is 41.6 Å². The topological polar surface area (TPSA) is 52.3 Å². The van der Waals surface area contributed by atoms with Crippen molar-refractivity contribution in [1.29, 1.82) is 0 Å². The summed E-state index contributed by atoms with van der Waals surface area (Å²) in [6, 6.07) is 3.60. The van der Waals surface area contributed by atoms with Gasteiger partial charge in [-0.3, -0.25) is 4.79 Å². The Bertz CT molecular complexity index is 434. The van der Waals surface area contributed by atoms with Gasteiger partial charge in [0, 0.05) is 17.2 Å². The van der Waals surface area contributed by atoms with Gasteiger partial charge in [-0.15, -0.1) is 0 Å². The number of benzene rings is 1. The van der Waals surface area contributed by atoms with E-state index in [2.05, 4.69) is 0 Å². The Labute approximate surface area is 102 Å². The van der Waals surface area contributed by atoms with Crippen molar-refractivity contribution in [2.45, 2.75) is 32.6 Å². The van der Waals surface area contributed by atoms with Crippen molar-refractivity contribution in [2.75, 3.05) is 12.8 Å². The first-order valence-electron chi connectivity index (χ1n) is 6.12. The standard InChI is InChI=1S/C14H19NO2/c1-9-7-12(15)11(8-13(9)17-2)14(16)10-5-3-4-6-10/h7-8,10H,3-6,15H2,1-2H3. The first kappa shape index (κ1) is 12.0. The van der Waals surface area contributed by atoms with E-state index in [0.29, 0.717) is 11.3 Å². The van der Waals surface area contributed by atoms with E-state index < -0.39 is 0 Å². The molecule has 92 valence electrons. The molecule has 2 N–H and O–H groups in total. The summed E-state index contributed by atoms with van der Waals surface area (Å²) >= 11 is 0. The zero-order chi connectivity index (χ0) is 12.4. The predicted molar refractivity (Wildman–Crippen MR) is 68.4 cm³/mol. The summed E-state index contributed by atoms with van der Waals surface area (Å²) in [7, 11) is 1.61. The van der Waals surface area contributed by atoms with E-state index in [9.17, 15) is 4.79 Å². The molecule has 17 heavy (non-hydrogen) atoms. The lowest BCUT2D eigenvalue weighted by Gasteiger charge is -2.13. The van der Waals surface area contributed by atoms with Crippen molar-refractivity contribution >= 4 is 11.5 Å². The maximum atomic E-state index is 12.3. The second kappa shape index (κ2) is 4.78. The number of carbonyl (C=O) groups excluding carboxylic acids is 1. The first-order valence-corrected chi connectivity index (χ1v) is 6.12. The molecule has 0 aromatic heterocycles. The number of hydrogen-bond acceptors (Lipinski definition) is 3. The van der Waals surface area contributed by atoms with Crippen LogP contribution >= 0.6 is 0 Å². The molecule has 0 spiro atoms. The Morgan fingerprint density at radius 3 is 2.59 bits per heavy atom. The number of hydrogen-bond donors (Lipinski definition) is 1. The molecule has 2 rings (SSSR count). The van der Waals surface area contributed by atoms with Gasteiger partial charge in [0.25, 0.3) is 0 Å². The lowest BCUT2D eigenvalue weighted by molar-refractivity contribution is 0.0923. The van der Waals surface area contributed by atoms with Crippen LogP contribution in [0.25, 0.3) is 0 Å². The van der Waals surface area contributed by atoms with E-state index in [1.807, 2.05) is 13.0 Å². The Morgan fingerprint density at radius 2 is 2.00 bits per heavy atom. The Morgan fingerprint density at radius 1 is 1.35 bits per heavy atom. The third-order valence-corrected chi connectivity index (χ3v) is 3.56. The van der Waals surface area contributed by atoms with Gasteiger partial charge in [-0.1, -0.05) is 12.8 Å². The summed E-state index contributed by atoms with van der Waals surface area (Å²) in [5, 5.41) is 0. The molecule has 0 atom stereocenters. The summed E-state index contributed by atoms with van der Waals surface area (Å²) < 4.78 is 5.25. The number of ether oxygens (including phenoxy) is 1. The van der Waals surface area contributed by atoms with Crippen molar-refractivity contribution in [1.82, 2.24) is 0 Å². The number of nitrogens with two attached hydrogens (primary N) is 1. The van der Waals surface area contributed by atoms with Crippen molar-refractivity contribution < 1.29 is 9.53 Å². The number of methoxy groups -OCH3 is 1. The van der Waals surface area contributed by atoms with Gasteiger partial charge in [0.2, 0.25) is 0 Å². The Kier molecular flexibility index (Phi) is 3.36. The monoisotopic (exact) mass is 233 g/mol. The minimum atomic E-state index is 0.157. The highest BCUT2D eigenvalue weighted by atomic mass is 16.5. The van der Waals surface area contributed by atoms with Crippen molar-refractivity contribution in [3.05, 3.63) is 23.3 Å². The van der Waals surface area contributed by atoms with Gasteiger partial charge in [-0.2, -0.15) is 0 Å². The molecule has 0 unspecified atom stereocenters. The molecule has 3 heteroatoms. The normalized spacial score (nSPS) is 16.1. The number of rotatable bonds is 3. The zero-order valence-corrected chi connectivity index (χ0v) is 10.5. The molecular weight excluding hydrogens is 214 g/mol. The van der Waals surface area contributed by atoms with E-state index in [4.69, 9.17) is 10.5 Å². The molecule has 0 radical (unpaired) electrons. The lowest BCUT2D eigenvalue weighted by atomic mass is 9.94. The van der Waals surface area contributed by atoms with Crippen LogP contribution in [0.2, 0.25) is 0 Å². The zero-order valence-electron chi connectivity index (χ0n) is 10.5. The van der Waals surface area contributed by atoms with Crippen LogP contribution in [0.4, 0.5) is 5.69 Å². The molecule has 1 saturated carbocycles. The summed E-state index contributed by atoms with van der Waals surface area (Å²) in [5.74, 6) is 1.07. The largest absolute Gasteiger partial charge is 0.496 e. The van der Waals surface area contributed by atoms with Crippen LogP contribution in [0.5, 0.6) is 5.75 Å². The maximum absolute atomic E-state index is 12.3. The van der Waals surface area contributed by atoms with Gasteiger partial charge in [-0.25, -0.2) is 0 Å². The maximum Gasteiger partial charge on any atom is 0.168 e. The van der Waals surface area contributed by atoms with Gasteiger partial charge in [0.15, 0.2) is 5.78 Å². The van der Waals surface area contributed by atoms with Crippen LogP contribution in [0.3, 0.4) is 0 Å². The van der Waals surface area contributed by atoms with Crippen LogP contribution in [0.15, 0.2) is 12.1 Å². The molecular formula is C14H19NO2. The summed E-state index contributed by atoms with van der Waals surface area (Å²) in [6.45, 7) is 1.93. The van der Waals surface area contributed by atoms with E-state index in [1.54, 1.807) is 13.2 Å². The highest BCUT2D eigenvalue weighted by molar-refractivity contribution is 6.02. The molecule has 0 aliphatic heterocycles. The fourth-order valence-corrected chi connectivity index (χ4v) is 2.55. The molecule has 1 fully saturated rings. The van der Waals surface area contributed by atoms with Crippen LogP contribution in [-0.4, -0.2) is 12.9 Å². The predicted octanol–water partition coefficient (Wildman–Crippen LogP) is 2.96. The van der Waals surface area contributed by atoms with Gasteiger partial charge in [0.05, 0.1) is 7.11 Å². The van der Waals surface area contributed by atoms with Crippen LogP contribution in [0, 0.1) is 12.8 Å². The van der Waals surface area contributed by atoms with Crippen molar-refractivity contribution in [3.8, 4) is 5.75 Å². The van der Waals surface area contributed by atoms with Gasteiger partial charge >= 0.3 is 0 Å². The number of anilines is 1. The van der Waals surface area contributed by atoms with Gasteiger partial charge < -0.3 is 10.5 Å². The number of aryl methyl sites for hydroxylation is 1. The average Bonchev–Trinajstić information content (AvgIpc) is 2.82. The summed E-state index contributed by atoms with van der Waals surface area (Å²) in [5.41, 5.74) is 8.10. The highest BCUT2D eigenvalue weighted by Crippen LogP contribution is 2.32. The lowest BCUT2D eigenvalue weighted by Crippen LogP contribution is -2.13. The molecule has 3 nitrogen and oxygen atoms in total. The number of Topliss-reactive ketones (excluding diaryl/α,β-unsaturated/α-hetero) is 1. The van der Waals surface area contributed by atoms with Crippen molar-refractivity contribution in [3.63, 3.8) is 0 Å². The molecule has 1 aliphatic rings. The molecule has 1 aliphatic carbocycles. The number of ketones is 1. The molecule has 0 amide bonds. The second-order valence-electron chi connectivity index (χ2n) is 4.75. The van der Waals surface area contributed by atoms with Gasteiger partial charge in [-0.05, 0) is 37.5 Å².